The smallest absolute Gasteiger partial charge is 0.342 e. The van der Waals surface area contributed by atoms with Crippen molar-refractivity contribution in [3.05, 3.63) is 98.4 Å². The van der Waals surface area contributed by atoms with Crippen LogP contribution in [0.4, 0.5) is 5.69 Å². The zero-order valence-electron chi connectivity index (χ0n) is 17.1. The van der Waals surface area contributed by atoms with Crippen molar-refractivity contribution in [3.8, 4) is 11.5 Å². The monoisotopic (exact) mass is 511 g/mol. The molecule has 0 aliphatic carbocycles. The highest BCUT2D eigenvalue weighted by molar-refractivity contribution is 8.03. The quantitative estimate of drug-likeness (QED) is 0.120. The van der Waals surface area contributed by atoms with Gasteiger partial charge in [-0.1, -0.05) is 47.6 Å². The van der Waals surface area contributed by atoms with Gasteiger partial charge in [0.2, 0.25) is 5.89 Å². The molecule has 170 valence electrons. The molecular formula is C23H14ClN3O5S2. The van der Waals surface area contributed by atoms with Crippen LogP contribution in [-0.2, 0) is 4.79 Å². The second kappa shape index (κ2) is 10.6. The number of rotatable bonds is 8. The molecule has 0 atom stereocenters. The average molecular weight is 512 g/mol. The maximum absolute atomic E-state index is 11.8. The Labute approximate surface area is 206 Å². The van der Waals surface area contributed by atoms with Crippen LogP contribution in [0.15, 0.2) is 97.1 Å². The number of halogens is 1. The Morgan fingerprint density at radius 2 is 1.79 bits per heavy atom. The van der Waals surface area contributed by atoms with E-state index in [0.717, 1.165) is 16.7 Å². The van der Waals surface area contributed by atoms with Crippen molar-refractivity contribution in [1.82, 2.24) is 10.2 Å². The summed E-state index contributed by atoms with van der Waals surface area (Å²) in [5.41, 5.74) is 0.860. The number of nitro groups is 1. The van der Waals surface area contributed by atoms with Gasteiger partial charge in [-0.2, -0.15) is 0 Å². The summed E-state index contributed by atoms with van der Waals surface area (Å²) in [6, 6.07) is 20.5. The first kappa shape index (κ1) is 23.6. The Morgan fingerprint density at radius 3 is 2.47 bits per heavy atom. The average Bonchev–Trinajstić information content (AvgIpc) is 3.29. The minimum absolute atomic E-state index is 0.0179. The number of carbonyl (C=O) groups is 1. The molecule has 0 unspecified atom stereocenters. The Kier molecular flexibility index (Phi) is 7.31. The summed E-state index contributed by atoms with van der Waals surface area (Å²) in [6.07, 6.45) is 1.32. The number of aliphatic carboxylic acids is 1. The van der Waals surface area contributed by atoms with Gasteiger partial charge >= 0.3 is 5.97 Å². The van der Waals surface area contributed by atoms with Crippen LogP contribution >= 0.6 is 35.1 Å². The summed E-state index contributed by atoms with van der Waals surface area (Å²) in [5, 5.41) is 29.7. The maximum Gasteiger partial charge on any atom is 0.342 e. The second-order valence-corrected chi connectivity index (χ2v) is 9.24. The molecule has 0 bridgehead atoms. The fourth-order valence-electron chi connectivity index (χ4n) is 2.81. The Hall–Kier alpha value is -3.60. The molecule has 0 saturated heterocycles. The van der Waals surface area contributed by atoms with Crippen molar-refractivity contribution in [1.29, 1.82) is 0 Å². The summed E-state index contributed by atoms with van der Waals surface area (Å²) in [7, 11) is 0. The fraction of sp³-hybridized carbons (Fsp3) is 0. The van der Waals surface area contributed by atoms with E-state index in [0.29, 0.717) is 21.0 Å². The molecule has 0 saturated carbocycles. The predicted molar refractivity (Wildman–Crippen MR) is 130 cm³/mol. The minimum atomic E-state index is -1.23. The van der Waals surface area contributed by atoms with E-state index in [1.807, 2.05) is 30.3 Å². The summed E-state index contributed by atoms with van der Waals surface area (Å²) in [5.74, 6) is -1.02. The zero-order valence-corrected chi connectivity index (χ0v) is 19.5. The summed E-state index contributed by atoms with van der Waals surface area (Å²) in [4.78, 5) is 24.1. The topological polar surface area (TPSA) is 119 Å². The van der Waals surface area contributed by atoms with Gasteiger partial charge in [-0.05, 0) is 65.9 Å². The number of thioether (sulfide) groups is 1. The van der Waals surface area contributed by atoms with Crippen molar-refractivity contribution in [2.75, 3.05) is 0 Å². The van der Waals surface area contributed by atoms with Crippen LogP contribution in [0, 0.1) is 10.1 Å². The number of hydrogen-bond donors (Lipinski definition) is 1. The van der Waals surface area contributed by atoms with Crippen LogP contribution in [0.5, 0.6) is 0 Å². The van der Waals surface area contributed by atoms with E-state index in [-0.39, 0.29) is 21.7 Å². The van der Waals surface area contributed by atoms with Gasteiger partial charge in [0.15, 0.2) is 0 Å². The number of nitrogens with zero attached hydrogens (tertiary/aromatic N) is 3. The molecule has 0 amide bonds. The molecule has 0 fully saturated rings. The molecule has 1 heterocycles. The highest BCUT2D eigenvalue weighted by Crippen LogP contribution is 2.36. The third-order valence-electron chi connectivity index (χ3n) is 4.35. The SMILES string of the molecule is O=C(O)/C(=C\c1ccc(Sc2ccccc2)c([N+](=O)[O-])c1)Sc1nnc(-c2ccc(Cl)cc2)o1. The lowest BCUT2D eigenvalue weighted by molar-refractivity contribution is -0.387. The highest BCUT2D eigenvalue weighted by atomic mass is 35.5. The van der Waals surface area contributed by atoms with Gasteiger partial charge in [-0.3, -0.25) is 10.1 Å². The van der Waals surface area contributed by atoms with Gasteiger partial charge in [-0.15, -0.1) is 10.2 Å². The number of benzene rings is 3. The lowest BCUT2D eigenvalue weighted by Gasteiger charge is -2.05. The van der Waals surface area contributed by atoms with Crippen LogP contribution in [0.2, 0.25) is 5.02 Å². The van der Waals surface area contributed by atoms with Crippen molar-refractivity contribution < 1.29 is 19.2 Å². The second-order valence-electron chi connectivity index (χ2n) is 6.70. The molecule has 0 aliphatic heterocycles. The minimum Gasteiger partial charge on any atom is -0.477 e. The van der Waals surface area contributed by atoms with Crippen LogP contribution in [0.3, 0.4) is 0 Å². The molecule has 34 heavy (non-hydrogen) atoms. The first-order valence-corrected chi connectivity index (χ1v) is 11.6. The predicted octanol–water partition coefficient (Wildman–Crippen LogP) is 6.67. The molecule has 1 N–H and O–H groups in total. The fourth-order valence-corrected chi connectivity index (χ4v) is 4.53. The molecule has 4 aromatic rings. The normalized spacial score (nSPS) is 11.4. The van der Waals surface area contributed by atoms with E-state index in [2.05, 4.69) is 10.2 Å². The van der Waals surface area contributed by atoms with E-state index in [1.165, 1.54) is 23.9 Å². The molecule has 0 aliphatic rings. The lowest BCUT2D eigenvalue weighted by atomic mass is 10.2. The van der Waals surface area contributed by atoms with Crippen molar-refractivity contribution in [2.45, 2.75) is 15.0 Å². The van der Waals surface area contributed by atoms with Crippen molar-refractivity contribution in [3.63, 3.8) is 0 Å². The van der Waals surface area contributed by atoms with E-state index >= 15 is 0 Å². The number of carboxylic acid groups (broad SMARTS) is 1. The first-order valence-electron chi connectivity index (χ1n) is 9.62. The van der Waals surface area contributed by atoms with Gasteiger partial charge in [-0.25, -0.2) is 4.79 Å². The third-order valence-corrected chi connectivity index (χ3v) is 6.53. The van der Waals surface area contributed by atoms with Crippen LogP contribution in [0.1, 0.15) is 5.56 Å². The van der Waals surface area contributed by atoms with Crippen molar-refractivity contribution >= 4 is 52.9 Å². The van der Waals surface area contributed by atoms with Crippen LogP contribution < -0.4 is 0 Å². The van der Waals surface area contributed by atoms with Crippen molar-refractivity contribution in [2.24, 2.45) is 0 Å². The molecular weight excluding hydrogens is 498 g/mol. The Bertz CT molecular complexity index is 1380. The van der Waals surface area contributed by atoms with E-state index in [1.54, 1.807) is 36.4 Å². The van der Waals surface area contributed by atoms with Crippen LogP contribution in [0.25, 0.3) is 17.5 Å². The van der Waals surface area contributed by atoms with E-state index in [4.69, 9.17) is 16.0 Å². The lowest BCUT2D eigenvalue weighted by Crippen LogP contribution is -1.97. The molecule has 0 spiro atoms. The third kappa shape index (κ3) is 5.84. The maximum atomic E-state index is 11.8. The summed E-state index contributed by atoms with van der Waals surface area (Å²) < 4.78 is 5.56. The van der Waals surface area contributed by atoms with Gasteiger partial charge in [0.25, 0.3) is 10.9 Å². The highest BCUT2D eigenvalue weighted by Gasteiger charge is 2.19. The van der Waals surface area contributed by atoms with Gasteiger partial charge in [0, 0.05) is 21.5 Å². The molecule has 1 aromatic heterocycles. The van der Waals surface area contributed by atoms with Gasteiger partial charge in [0.05, 0.1) is 9.82 Å². The molecule has 0 radical (unpaired) electrons. The molecule has 3 aromatic carbocycles. The van der Waals surface area contributed by atoms with E-state index < -0.39 is 10.9 Å². The molecule has 8 nitrogen and oxygen atoms in total. The van der Waals surface area contributed by atoms with E-state index in [9.17, 15) is 20.0 Å². The Balaban J connectivity index is 1.59. The van der Waals surface area contributed by atoms with Gasteiger partial charge in [0.1, 0.15) is 4.91 Å². The zero-order chi connectivity index (χ0) is 24.1. The van der Waals surface area contributed by atoms with Crippen LogP contribution in [-0.4, -0.2) is 26.2 Å². The summed E-state index contributed by atoms with van der Waals surface area (Å²) in [6.45, 7) is 0. The first-order chi connectivity index (χ1) is 16.4. The molecule has 4 rings (SSSR count). The number of carboxylic acids is 1. The Morgan fingerprint density at radius 1 is 1.06 bits per heavy atom. The molecule has 11 heteroatoms. The number of aromatic nitrogens is 2. The number of hydrogen-bond acceptors (Lipinski definition) is 8. The largest absolute Gasteiger partial charge is 0.477 e. The number of nitro benzene ring substituents is 1. The standard InChI is InChI=1S/C23H14ClN3O5S2/c24-16-9-7-15(8-10-16)21-25-26-23(32-21)34-20(22(28)29)13-14-6-11-19(18(12-14)27(30)31)33-17-4-2-1-3-5-17/h1-13H,(H,28,29)/b20-13+. The van der Waals surface area contributed by atoms with Gasteiger partial charge < -0.3 is 9.52 Å². The summed E-state index contributed by atoms with van der Waals surface area (Å²) >= 11 is 7.89.